The standard InChI is InChI=1S/C32H43ClN2O3S.C8H16N2O/c1-4-7-24-16-28(33)13-14-29(24)27-19-35-18-26-11-10-23(26)9-6-5-8-21(2)22(3)39(37)34-32(36)25-12-15-31(38-20-27)30(35)17-25;1-9-2-3-10-4-5-11-7-8(10)6-9/h12-17,21-23,26-27H,4-11,18-20H2,1-3H3,(H,34,36);8H,2-7H2,1H3. The second-order valence-corrected chi connectivity index (χ2v) is 17.5. The predicted molar refractivity (Wildman–Crippen MR) is 205 cm³/mol. The average molecular weight is 727 g/mol. The lowest BCUT2D eigenvalue weighted by Gasteiger charge is -2.42. The molecule has 3 fully saturated rings. The molecule has 2 saturated heterocycles. The van der Waals surface area contributed by atoms with Gasteiger partial charge in [0.25, 0.3) is 5.91 Å². The minimum absolute atomic E-state index is 0.0867. The maximum atomic E-state index is 13.2. The van der Waals surface area contributed by atoms with Crippen LogP contribution in [0.5, 0.6) is 5.75 Å². The number of morpholine rings is 1. The Bertz CT molecular complexity index is 1480. The number of amides is 1. The lowest BCUT2D eigenvalue weighted by molar-refractivity contribution is -0.0397. The summed E-state index contributed by atoms with van der Waals surface area (Å²) in [5, 5.41) is 0.690. The Morgan fingerprint density at radius 1 is 0.940 bits per heavy atom. The molecule has 1 aliphatic carbocycles. The summed E-state index contributed by atoms with van der Waals surface area (Å²) in [5.41, 5.74) is 4.11. The van der Waals surface area contributed by atoms with Crippen molar-refractivity contribution < 1.29 is 18.5 Å². The van der Waals surface area contributed by atoms with Crippen LogP contribution in [0, 0.1) is 17.8 Å². The van der Waals surface area contributed by atoms with Gasteiger partial charge < -0.3 is 19.3 Å². The predicted octanol–water partition coefficient (Wildman–Crippen LogP) is 6.93. The molecule has 7 atom stereocenters. The normalized spacial score (nSPS) is 31.0. The molecule has 0 spiro atoms. The Morgan fingerprint density at radius 2 is 1.76 bits per heavy atom. The fourth-order valence-electron chi connectivity index (χ4n) is 8.46. The van der Waals surface area contributed by atoms with Crippen LogP contribution >= 0.6 is 11.6 Å². The molecule has 7 rings (SSSR count). The number of halogens is 1. The second-order valence-electron chi connectivity index (χ2n) is 15.5. The van der Waals surface area contributed by atoms with E-state index in [4.69, 9.17) is 21.1 Å². The SMILES string of the molecule is CCCc1cc(Cl)ccc1C1COc2ccc3cc2N(C1)CC1CCC1CCCCC(C)C(C)S(=O)NC3=O.CN1CCN2CCOCC2C1. The van der Waals surface area contributed by atoms with Crippen molar-refractivity contribution in [3.05, 3.63) is 58.1 Å². The van der Waals surface area contributed by atoms with E-state index >= 15 is 0 Å². The number of hydrogen-bond acceptors (Lipinski definition) is 7. The first-order valence-electron chi connectivity index (χ1n) is 19.2. The first kappa shape index (κ1) is 37.6. The van der Waals surface area contributed by atoms with E-state index in [9.17, 15) is 9.00 Å². The van der Waals surface area contributed by atoms with Crippen molar-refractivity contribution in [1.82, 2.24) is 14.5 Å². The number of nitrogens with zero attached hydrogens (tertiary/aromatic N) is 3. The molecule has 4 heterocycles. The monoisotopic (exact) mass is 726 g/mol. The van der Waals surface area contributed by atoms with Gasteiger partial charge in [-0.3, -0.25) is 14.4 Å². The zero-order valence-corrected chi connectivity index (χ0v) is 32.3. The molecule has 4 aliphatic heterocycles. The van der Waals surface area contributed by atoms with Gasteiger partial charge in [0.15, 0.2) is 0 Å². The number of aryl methyl sites for hydroxylation is 1. The topological polar surface area (TPSA) is 74.4 Å². The van der Waals surface area contributed by atoms with Gasteiger partial charge in [-0.15, -0.1) is 0 Å². The second kappa shape index (κ2) is 17.6. The Kier molecular flexibility index (Phi) is 13.2. The van der Waals surface area contributed by atoms with Gasteiger partial charge >= 0.3 is 0 Å². The Morgan fingerprint density at radius 3 is 2.56 bits per heavy atom. The van der Waals surface area contributed by atoms with Crippen LogP contribution in [-0.2, 0) is 22.1 Å². The lowest BCUT2D eigenvalue weighted by atomic mass is 9.70. The van der Waals surface area contributed by atoms with E-state index in [1.807, 2.05) is 25.1 Å². The molecule has 5 aliphatic rings. The molecular weight excluding hydrogens is 668 g/mol. The molecule has 1 N–H and O–H groups in total. The third kappa shape index (κ3) is 9.24. The molecule has 2 bridgehead atoms. The highest BCUT2D eigenvalue weighted by Gasteiger charge is 2.35. The number of likely N-dealkylation sites (N-methyl/N-ethyl adjacent to an activating group) is 1. The largest absolute Gasteiger partial charge is 0.491 e. The average Bonchev–Trinajstić information content (AvgIpc) is 3.28. The zero-order chi connectivity index (χ0) is 35.2. The molecule has 0 aromatic heterocycles. The van der Waals surface area contributed by atoms with Crippen molar-refractivity contribution in [3.8, 4) is 5.75 Å². The van der Waals surface area contributed by atoms with Crippen LogP contribution in [0.15, 0.2) is 36.4 Å². The molecule has 276 valence electrons. The number of fused-ring (bicyclic) bond motifs is 3. The number of carbonyl (C=O) groups is 1. The van der Waals surface area contributed by atoms with Gasteiger partial charge in [0.05, 0.1) is 30.8 Å². The Balaban J connectivity index is 0.000000331. The fraction of sp³-hybridized carbons (Fsp3) is 0.675. The summed E-state index contributed by atoms with van der Waals surface area (Å²) in [7, 11) is 0.760. The summed E-state index contributed by atoms with van der Waals surface area (Å²) in [6.45, 7) is 15.4. The van der Waals surface area contributed by atoms with Crippen molar-refractivity contribution in [3.63, 3.8) is 0 Å². The van der Waals surface area contributed by atoms with Gasteiger partial charge in [0.1, 0.15) is 16.7 Å². The smallest absolute Gasteiger partial charge is 0.263 e. The van der Waals surface area contributed by atoms with Crippen LogP contribution in [0.2, 0.25) is 5.02 Å². The fourth-order valence-corrected chi connectivity index (χ4v) is 9.70. The molecule has 50 heavy (non-hydrogen) atoms. The summed E-state index contributed by atoms with van der Waals surface area (Å²) in [6, 6.07) is 12.6. The van der Waals surface area contributed by atoms with Gasteiger partial charge in [0.2, 0.25) is 0 Å². The summed E-state index contributed by atoms with van der Waals surface area (Å²) in [6.07, 6.45) is 9.30. The number of anilines is 1. The highest BCUT2D eigenvalue weighted by atomic mass is 35.5. The molecule has 2 aromatic carbocycles. The molecule has 2 aromatic rings. The van der Waals surface area contributed by atoms with E-state index in [2.05, 4.69) is 52.4 Å². The van der Waals surface area contributed by atoms with Gasteiger partial charge in [0, 0.05) is 61.8 Å². The van der Waals surface area contributed by atoms with Gasteiger partial charge in [-0.05, 0) is 98.9 Å². The Hall–Kier alpha value is -2.17. The van der Waals surface area contributed by atoms with Crippen molar-refractivity contribution in [2.24, 2.45) is 17.8 Å². The molecular formula is C40H59ClN4O4S. The maximum absolute atomic E-state index is 13.2. The van der Waals surface area contributed by atoms with E-state index in [1.54, 1.807) is 6.07 Å². The summed E-state index contributed by atoms with van der Waals surface area (Å²) in [4.78, 5) is 20.6. The van der Waals surface area contributed by atoms with Crippen molar-refractivity contribution in [1.29, 1.82) is 0 Å². The molecule has 1 amide bonds. The van der Waals surface area contributed by atoms with Crippen LogP contribution < -0.4 is 14.4 Å². The van der Waals surface area contributed by atoms with E-state index < -0.39 is 11.0 Å². The first-order valence-corrected chi connectivity index (χ1v) is 20.8. The van der Waals surface area contributed by atoms with E-state index in [0.29, 0.717) is 30.0 Å². The van der Waals surface area contributed by atoms with Crippen LogP contribution in [0.1, 0.15) is 93.1 Å². The van der Waals surface area contributed by atoms with Crippen LogP contribution in [0.4, 0.5) is 5.69 Å². The third-order valence-electron chi connectivity index (χ3n) is 12.0. The van der Waals surface area contributed by atoms with Crippen LogP contribution in [0.3, 0.4) is 0 Å². The van der Waals surface area contributed by atoms with Crippen LogP contribution in [-0.4, -0.2) is 97.3 Å². The quantitative estimate of drug-likeness (QED) is 0.368. The summed E-state index contributed by atoms with van der Waals surface area (Å²) >= 11 is 6.39. The third-order valence-corrected chi connectivity index (χ3v) is 13.8. The number of rotatable bonds is 3. The highest BCUT2D eigenvalue weighted by Crippen LogP contribution is 2.43. The van der Waals surface area contributed by atoms with Crippen molar-refractivity contribution >= 4 is 34.2 Å². The minimum Gasteiger partial charge on any atom is -0.491 e. The molecule has 0 radical (unpaired) electrons. The van der Waals surface area contributed by atoms with Gasteiger partial charge in [-0.25, -0.2) is 4.21 Å². The number of benzene rings is 2. The van der Waals surface area contributed by atoms with E-state index in [-0.39, 0.29) is 17.1 Å². The van der Waals surface area contributed by atoms with Gasteiger partial charge in [-0.1, -0.05) is 57.2 Å². The maximum Gasteiger partial charge on any atom is 0.263 e. The zero-order valence-electron chi connectivity index (χ0n) is 30.7. The summed E-state index contributed by atoms with van der Waals surface area (Å²) in [5.74, 6) is 2.45. The van der Waals surface area contributed by atoms with E-state index in [0.717, 1.165) is 80.9 Å². The van der Waals surface area contributed by atoms with Crippen molar-refractivity contribution in [2.75, 3.05) is 71.0 Å². The van der Waals surface area contributed by atoms with E-state index in [1.165, 1.54) is 56.4 Å². The number of hydrogen-bond donors (Lipinski definition) is 1. The highest BCUT2D eigenvalue weighted by molar-refractivity contribution is 7.84. The molecule has 1 saturated carbocycles. The lowest BCUT2D eigenvalue weighted by Crippen LogP contribution is -2.56. The Labute approximate surface area is 308 Å². The first-order chi connectivity index (χ1) is 24.2. The summed E-state index contributed by atoms with van der Waals surface area (Å²) < 4.78 is 27.7. The van der Waals surface area contributed by atoms with Crippen LogP contribution in [0.25, 0.3) is 0 Å². The van der Waals surface area contributed by atoms with Gasteiger partial charge in [-0.2, -0.15) is 0 Å². The van der Waals surface area contributed by atoms with Crippen molar-refractivity contribution in [2.45, 2.75) is 89.3 Å². The number of carbonyl (C=O) groups excluding carboxylic acids is 1. The number of ether oxygens (including phenoxy) is 2. The number of piperazine rings is 1. The minimum atomic E-state index is -1.43. The molecule has 8 nitrogen and oxygen atoms in total. The molecule has 10 heteroatoms. The molecule has 7 unspecified atom stereocenters. The number of nitrogens with one attached hydrogen (secondary N) is 1.